The molecule has 0 radical (unpaired) electrons. The lowest BCUT2D eigenvalue weighted by molar-refractivity contribution is -0.134. The number of hydrogen-bond acceptors (Lipinski definition) is 5. The molecule has 3 aromatic rings. The number of aliphatic carboxylic acids is 1. The van der Waals surface area contributed by atoms with Crippen LogP contribution in [0.3, 0.4) is 0 Å². The van der Waals surface area contributed by atoms with Crippen molar-refractivity contribution in [2.45, 2.75) is 0 Å². The van der Waals surface area contributed by atoms with E-state index in [9.17, 15) is 4.79 Å². The monoisotopic (exact) mass is 362 g/mol. The Bertz CT molecular complexity index is 918. The summed E-state index contributed by atoms with van der Waals surface area (Å²) in [6.45, 7) is -0.252. The van der Waals surface area contributed by atoms with Gasteiger partial charge in [0, 0.05) is 10.4 Å². The molecule has 0 atom stereocenters. The Kier molecular flexibility index (Phi) is 4.69. The molecule has 1 heterocycles. The largest absolute Gasteiger partial charge is 0.480 e. The molecule has 0 unspecified atom stereocenters. The molecule has 122 valence electrons. The van der Waals surface area contributed by atoms with E-state index in [4.69, 9.17) is 28.3 Å². The van der Waals surface area contributed by atoms with Crippen LogP contribution in [0.4, 0.5) is 17.5 Å². The fraction of sp³-hybridized carbons (Fsp3) is 0.0625. The maximum Gasteiger partial charge on any atom is 0.322 e. The van der Waals surface area contributed by atoms with E-state index in [1.807, 2.05) is 24.3 Å². The number of carboxylic acid groups (broad SMARTS) is 1. The molecule has 0 aliphatic carbocycles. The minimum Gasteiger partial charge on any atom is -0.480 e. The van der Waals surface area contributed by atoms with Crippen molar-refractivity contribution in [3.8, 4) is 0 Å². The third kappa shape index (κ3) is 3.67. The quantitative estimate of drug-likeness (QED) is 0.631. The molecule has 0 saturated heterocycles. The van der Waals surface area contributed by atoms with Gasteiger partial charge < -0.3 is 15.7 Å². The van der Waals surface area contributed by atoms with E-state index in [0.717, 1.165) is 5.39 Å². The van der Waals surface area contributed by atoms with Gasteiger partial charge in [0.1, 0.15) is 12.4 Å². The third-order valence-electron chi connectivity index (χ3n) is 3.19. The van der Waals surface area contributed by atoms with Crippen LogP contribution in [-0.4, -0.2) is 27.6 Å². The minimum atomic E-state index is -0.981. The second kappa shape index (κ2) is 6.90. The van der Waals surface area contributed by atoms with E-state index in [-0.39, 0.29) is 12.5 Å². The fourth-order valence-corrected chi connectivity index (χ4v) is 2.48. The SMILES string of the molecule is O=C(O)CNc1nc(Nc2cc(Cl)ccc2Cl)nc2ccccc12. The highest BCUT2D eigenvalue weighted by Crippen LogP contribution is 2.29. The highest BCUT2D eigenvalue weighted by atomic mass is 35.5. The van der Waals surface area contributed by atoms with Crippen LogP contribution in [0.1, 0.15) is 0 Å². The molecule has 1 aromatic heterocycles. The van der Waals surface area contributed by atoms with Gasteiger partial charge in [-0.3, -0.25) is 4.79 Å². The van der Waals surface area contributed by atoms with Gasteiger partial charge in [0.15, 0.2) is 0 Å². The summed E-state index contributed by atoms with van der Waals surface area (Å²) in [5.74, 6) is -0.278. The maximum absolute atomic E-state index is 10.8. The van der Waals surface area contributed by atoms with Gasteiger partial charge in [-0.1, -0.05) is 35.3 Å². The molecule has 0 aliphatic heterocycles. The van der Waals surface area contributed by atoms with Crippen LogP contribution in [0.5, 0.6) is 0 Å². The number of aromatic nitrogens is 2. The predicted octanol–water partition coefficient (Wildman–Crippen LogP) is 4.18. The van der Waals surface area contributed by atoms with Crippen LogP contribution < -0.4 is 10.6 Å². The summed E-state index contributed by atoms with van der Waals surface area (Å²) >= 11 is 12.1. The molecular formula is C16H12Cl2N4O2. The molecule has 0 spiro atoms. The lowest BCUT2D eigenvalue weighted by Crippen LogP contribution is -2.14. The number of anilines is 3. The molecule has 3 N–H and O–H groups in total. The molecule has 0 saturated carbocycles. The van der Waals surface area contributed by atoms with Crippen LogP contribution >= 0.6 is 23.2 Å². The molecule has 0 fully saturated rings. The number of carboxylic acids is 1. The second-order valence-corrected chi connectivity index (χ2v) is 5.75. The predicted molar refractivity (Wildman–Crippen MR) is 95.4 cm³/mol. The number of nitrogens with one attached hydrogen (secondary N) is 2. The van der Waals surface area contributed by atoms with Gasteiger partial charge in [0.2, 0.25) is 5.95 Å². The first-order chi connectivity index (χ1) is 11.5. The van der Waals surface area contributed by atoms with Gasteiger partial charge in [-0.15, -0.1) is 0 Å². The number of carbonyl (C=O) groups is 1. The smallest absolute Gasteiger partial charge is 0.322 e. The number of hydrogen-bond donors (Lipinski definition) is 3. The molecule has 0 amide bonds. The van der Waals surface area contributed by atoms with Gasteiger partial charge >= 0.3 is 5.97 Å². The van der Waals surface area contributed by atoms with Crippen molar-refractivity contribution in [2.75, 3.05) is 17.2 Å². The van der Waals surface area contributed by atoms with E-state index < -0.39 is 5.97 Å². The number of fused-ring (bicyclic) bond motifs is 1. The molecule has 6 nitrogen and oxygen atoms in total. The van der Waals surface area contributed by atoms with Crippen LogP contribution in [0, 0.1) is 0 Å². The zero-order valence-electron chi connectivity index (χ0n) is 12.3. The van der Waals surface area contributed by atoms with Crippen molar-refractivity contribution in [2.24, 2.45) is 0 Å². The van der Waals surface area contributed by atoms with Gasteiger partial charge in [-0.05, 0) is 30.3 Å². The van der Waals surface area contributed by atoms with E-state index in [2.05, 4.69) is 20.6 Å². The van der Waals surface area contributed by atoms with Crippen molar-refractivity contribution >= 4 is 57.5 Å². The molecular weight excluding hydrogens is 351 g/mol. The lowest BCUT2D eigenvalue weighted by Gasteiger charge is -2.12. The van der Waals surface area contributed by atoms with Gasteiger partial charge in [-0.25, -0.2) is 4.98 Å². The zero-order chi connectivity index (χ0) is 17.1. The summed E-state index contributed by atoms with van der Waals surface area (Å²) in [4.78, 5) is 19.6. The first-order valence-electron chi connectivity index (χ1n) is 6.97. The van der Waals surface area contributed by atoms with E-state index in [1.165, 1.54) is 0 Å². The third-order valence-corrected chi connectivity index (χ3v) is 3.75. The normalized spacial score (nSPS) is 10.6. The zero-order valence-corrected chi connectivity index (χ0v) is 13.8. The van der Waals surface area contributed by atoms with E-state index in [0.29, 0.717) is 27.1 Å². The molecule has 2 aromatic carbocycles. The molecule has 0 bridgehead atoms. The number of para-hydroxylation sites is 1. The number of benzene rings is 2. The molecule has 3 rings (SSSR count). The van der Waals surface area contributed by atoms with Crippen LogP contribution in [0.15, 0.2) is 42.5 Å². The van der Waals surface area contributed by atoms with Crippen molar-refractivity contribution in [1.82, 2.24) is 9.97 Å². The molecule has 8 heteroatoms. The van der Waals surface area contributed by atoms with Gasteiger partial charge in [-0.2, -0.15) is 4.98 Å². The highest BCUT2D eigenvalue weighted by molar-refractivity contribution is 6.35. The van der Waals surface area contributed by atoms with Gasteiger partial charge in [0.25, 0.3) is 0 Å². The van der Waals surface area contributed by atoms with Crippen molar-refractivity contribution < 1.29 is 9.90 Å². The minimum absolute atomic E-state index is 0.252. The van der Waals surface area contributed by atoms with Crippen LogP contribution in [-0.2, 0) is 4.79 Å². The summed E-state index contributed by atoms with van der Waals surface area (Å²) < 4.78 is 0. The van der Waals surface area contributed by atoms with Crippen molar-refractivity contribution in [3.05, 3.63) is 52.5 Å². The van der Waals surface area contributed by atoms with Crippen LogP contribution in [0.2, 0.25) is 10.0 Å². The number of nitrogens with zero attached hydrogens (tertiary/aromatic N) is 2. The Labute approximate surface area is 147 Å². The fourth-order valence-electron chi connectivity index (χ4n) is 2.14. The Morgan fingerprint density at radius 3 is 2.71 bits per heavy atom. The Hall–Kier alpha value is -2.57. The topological polar surface area (TPSA) is 87.1 Å². The average Bonchev–Trinajstić information content (AvgIpc) is 2.56. The summed E-state index contributed by atoms with van der Waals surface area (Å²) in [5, 5.41) is 16.4. The summed E-state index contributed by atoms with van der Waals surface area (Å²) in [5.41, 5.74) is 1.23. The number of halogens is 2. The first-order valence-corrected chi connectivity index (χ1v) is 7.73. The summed E-state index contributed by atoms with van der Waals surface area (Å²) in [7, 11) is 0. The maximum atomic E-state index is 10.8. The van der Waals surface area contributed by atoms with Gasteiger partial charge in [0.05, 0.1) is 16.2 Å². The summed E-state index contributed by atoms with van der Waals surface area (Å²) in [6, 6.07) is 12.3. The van der Waals surface area contributed by atoms with Crippen molar-refractivity contribution in [1.29, 1.82) is 0 Å². The van der Waals surface area contributed by atoms with Crippen LogP contribution in [0.25, 0.3) is 10.9 Å². The Morgan fingerprint density at radius 1 is 1.12 bits per heavy atom. The second-order valence-electron chi connectivity index (χ2n) is 4.91. The molecule has 24 heavy (non-hydrogen) atoms. The molecule has 0 aliphatic rings. The average molecular weight is 363 g/mol. The highest BCUT2D eigenvalue weighted by Gasteiger charge is 2.10. The van der Waals surface area contributed by atoms with E-state index >= 15 is 0 Å². The summed E-state index contributed by atoms with van der Waals surface area (Å²) in [6.07, 6.45) is 0. The Morgan fingerprint density at radius 2 is 1.92 bits per heavy atom. The lowest BCUT2D eigenvalue weighted by atomic mass is 10.2. The first kappa shape index (κ1) is 16.3. The number of rotatable bonds is 5. The Balaban J connectivity index is 2.01. The van der Waals surface area contributed by atoms with E-state index in [1.54, 1.807) is 18.2 Å². The standard InChI is InChI=1S/C16H12Cl2N4O2/c17-9-5-6-11(18)13(7-9)21-16-20-12-4-2-1-3-10(12)15(22-16)19-8-14(23)24/h1-7H,8H2,(H,23,24)(H2,19,20,21,22). The van der Waals surface area contributed by atoms with Crippen molar-refractivity contribution in [3.63, 3.8) is 0 Å².